The van der Waals surface area contributed by atoms with Gasteiger partial charge < -0.3 is 10.1 Å². The lowest BCUT2D eigenvalue weighted by Gasteiger charge is -2.21. The second-order valence-corrected chi connectivity index (χ2v) is 4.75. The second-order valence-electron chi connectivity index (χ2n) is 4.75. The van der Waals surface area contributed by atoms with Gasteiger partial charge in [0, 0.05) is 7.11 Å². The molecule has 18 heavy (non-hydrogen) atoms. The van der Waals surface area contributed by atoms with E-state index in [0.717, 1.165) is 31.5 Å². The topological polar surface area (TPSA) is 21.3 Å². The lowest BCUT2D eigenvalue weighted by molar-refractivity contribution is 0.0945. The molecule has 0 aliphatic heterocycles. The molecule has 0 aliphatic rings. The van der Waals surface area contributed by atoms with Gasteiger partial charge in [-0.15, -0.1) is 0 Å². The Hall–Kier alpha value is -0.930. The zero-order valence-electron chi connectivity index (χ0n) is 11.6. The summed E-state index contributed by atoms with van der Waals surface area (Å²) in [5.41, 5.74) is 0.795. The largest absolute Gasteiger partial charge is 0.382 e. The van der Waals surface area contributed by atoms with Crippen molar-refractivity contribution in [2.75, 3.05) is 20.2 Å². The van der Waals surface area contributed by atoms with E-state index in [1.165, 1.54) is 6.07 Å². The highest BCUT2D eigenvalue weighted by Gasteiger charge is 2.15. The van der Waals surface area contributed by atoms with Crippen molar-refractivity contribution in [3.8, 4) is 0 Å². The van der Waals surface area contributed by atoms with Crippen LogP contribution in [0, 0.1) is 11.7 Å². The molecule has 0 amide bonds. The second kappa shape index (κ2) is 8.22. The van der Waals surface area contributed by atoms with Crippen LogP contribution in [0.2, 0.25) is 0 Å². The van der Waals surface area contributed by atoms with Crippen LogP contribution < -0.4 is 5.32 Å². The predicted molar refractivity (Wildman–Crippen MR) is 73.2 cm³/mol. The lowest BCUT2D eigenvalue weighted by atomic mass is 9.93. The van der Waals surface area contributed by atoms with Gasteiger partial charge in [-0.05, 0) is 50.4 Å². The summed E-state index contributed by atoms with van der Waals surface area (Å²) >= 11 is 0. The normalized spacial score (nSPS) is 14.4. The van der Waals surface area contributed by atoms with Crippen LogP contribution in [0.3, 0.4) is 0 Å². The fourth-order valence-corrected chi connectivity index (χ4v) is 2.13. The van der Waals surface area contributed by atoms with Gasteiger partial charge in [0.05, 0.1) is 6.10 Å². The van der Waals surface area contributed by atoms with Gasteiger partial charge in [-0.1, -0.05) is 25.1 Å². The van der Waals surface area contributed by atoms with Gasteiger partial charge in [-0.2, -0.15) is 0 Å². The fourth-order valence-electron chi connectivity index (χ4n) is 2.13. The summed E-state index contributed by atoms with van der Waals surface area (Å²) in [4.78, 5) is 0. The number of hydrogen-bond donors (Lipinski definition) is 1. The van der Waals surface area contributed by atoms with Crippen molar-refractivity contribution in [2.24, 2.45) is 5.92 Å². The molecule has 0 bridgehead atoms. The highest BCUT2D eigenvalue weighted by Crippen LogP contribution is 2.17. The molecule has 0 aliphatic carbocycles. The molecule has 0 saturated carbocycles. The molecular weight excluding hydrogens is 229 g/mol. The molecule has 0 radical (unpaired) electrons. The van der Waals surface area contributed by atoms with E-state index in [2.05, 4.69) is 19.2 Å². The number of methoxy groups -OCH3 is 1. The van der Waals surface area contributed by atoms with E-state index in [1.807, 2.05) is 12.1 Å². The Morgan fingerprint density at radius 2 is 2.06 bits per heavy atom. The van der Waals surface area contributed by atoms with E-state index < -0.39 is 0 Å². The molecule has 102 valence electrons. The number of hydrogen-bond acceptors (Lipinski definition) is 2. The van der Waals surface area contributed by atoms with Crippen LogP contribution in [0.4, 0.5) is 4.39 Å². The van der Waals surface area contributed by atoms with Crippen LogP contribution in [0.25, 0.3) is 0 Å². The van der Waals surface area contributed by atoms with Crippen LogP contribution in [-0.4, -0.2) is 26.3 Å². The molecule has 0 aromatic heterocycles. The van der Waals surface area contributed by atoms with Gasteiger partial charge in [0.2, 0.25) is 0 Å². The number of benzene rings is 1. The minimum atomic E-state index is -0.107. The van der Waals surface area contributed by atoms with E-state index >= 15 is 0 Å². The summed E-state index contributed by atoms with van der Waals surface area (Å²) in [7, 11) is 1.72. The van der Waals surface area contributed by atoms with Gasteiger partial charge in [-0.3, -0.25) is 0 Å². The van der Waals surface area contributed by atoms with Crippen LogP contribution in [0.5, 0.6) is 0 Å². The summed E-state index contributed by atoms with van der Waals surface area (Å²) < 4.78 is 18.9. The van der Waals surface area contributed by atoms with Crippen molar-refractivity contribution in [3.63, 3.8) is 0 Å². The Kier molecular flexibility index (Phi) is 6.91. The average molecular weight is 253 g/mol. The molecule has 0 saturated heterocycles. The first kappa shape index (κ1) is 15.1. The van der Waals surface area contributed by atoms with Gasteiger partial charge >= 0.3 is 0 Å². The SMILES string of the molecule is CCNCC(Cc1ccccc1F)CC(C)OC. The first-order valence-electron chi connectivity index (χ1n) is 6.64. The molecule has 2 nitrogen and oxygen atoms in total. The quantitative estimate of drug-likeness (QED) is 0.769. The Morgan fingerprint density at radius 3 is 2.67 bits per heavy atom. The van der Waals surface area contributed by atoms with E-state index in [0.29, 0.717) is 5.92 Å². The summed E-state index contributed by atoms with van der Waals surface area (Å²) in [6.07, 6.45) is 1.91. The molecule has 2 unspecified atom stereocenters. The van der Waals surface area contributed by atoms with Crippen molar-refractivity contribution in [1.29, 1.82) is 0 Å². The van der Waals surface area contributed by atoms with Crippen molar-refractivity contribution in [1.82, 2.24) is 5.32 Å². The van der Waals surface area contributed by atoms with Crippen LogP contribution in [0.1, 0.15) is 25.8 Å². The lowest BCUT2D eigenvalue weighted by Crippen LogP contribution is -2.27. The minimum absolute atomic E-state index is 0.107. The standard InChI is InChI=1S/C15H24FNO/c1-4-17-11-13(9-12(2)18-3)10-14-7-5-6-8-15(14)16/h5-8,12-13,17H,4,9-11H2,1-3H3. The molecule has 2 atom stereocenters. The fraction of sp³-hybridized carbons (Fsp3) is 0.600. The third-order valence-corrected chi connectivity index (χ3v) is 3.22. The summed E-state index contributed by atoms with van der Waals surface area (Å²) in [5.74, 6) is 0.292. The Morgan fingerprint density at radius 1 is 1.33 bits per heavy atom. The molecule has 0 heterocycles. The van der Waals surface area contributed by atoms with Crippen molar-refractivity contribution in [3.05, 3.63) is 35.6 Å². The average Bonchev–Trinajstić information content (AvgIpc) is 2.38. The van der Waals surface area contributed by atoms with Crippen molar-refractivity contribution < 1.29 is 9.13 Å². The van der Waals surface area contributed by atoms with Crippen LogP contribution >= 0.6 is 0 Å². The maximum Gasteiger partial charge on any atom is 0.126 e. The van der Waals surface area contributed by atoms with E-state index in [1.54, 1.807) is 13.2 Å². The molecular formula is C15H24FNO. The predicted octanol–water partition coefficient (Wildman–Crippen LogP) is 3.02. The van der Waals surface area contributed by atoms with Crippen molar-refractivity contribution in [2.45, 2.75) is 32.8 Å². The molecule has 0 spiro atoms. The molecule has 1 aromatic rings. The first-order valence-corrected chi connectivity index (χ1v) is 6.64. The van der Waals surface area contributed by atoms with Gasteiger partial charge in [0.1, 0.15) is 5.82 Å². The third kappa shape index (κ3) is 5.15. The summed E-state index contributed by atoms with van der Waals surface area (Å²) in [5, 5.41) is 3.34. The molecule has 0 fully saturated rings. The highest BCUT2D eigenvalue weighted by molar-refractivity contribution is 5.17. The highest BCUT2D eigenvalue weighted by atomic mass is 19.1. The molecule has 1 N–H and O–H groups in total. The Labute approximate surface area is 110 Å². The Bertz CT molecular complexity index is 343. The van der Waals surface area contributed by atoms with Crippen LogP contribution in [0.15, 0.2) is 24.3 Å². The van der Waals surface area contributed by atoms with Gasteiger partial charge in [0.25, 0.3) is 0 Å². The number of nitrogens with one attached hydrogen (secondary N) is 1. The van der Waals surface area contributed by atoms with Gasteiger partial charge in [-0.25, -0.2) is 4.39 Å². The van der Waals surface area contributed by atoms with E-state index in [9.17, 15) is 4.39 Å². The Balaban J connectivity index is 2.62. The number of ether oxygens (including phenoxy) is 1. The first-order chi connectivity index (χ1) is 8.67. The smallest absolute Gasteiger partial charge is 0.126 e. The molecule has 3 heteroatoms. The summed E-state index contributed by atoms with van der Waals surface area (Å²) in [6.45, 7) is 5.98. The van der Waals surface area contributed by atoms with E-state index in [4.69, 9.17) is 4.74 Å². The minimum Gasteiger partial charge on any atom is -0.382 e. The third-order valence-electron chi connectivity index (χ3n) is 3.22. The monoisotopic (exact) mass is 253 g/mol. The molecule has 1 rings (SSSR count). The van der Waals surface area contributed by atoms with Crippen LogP contribution in [-0.2, 0) is 11.2 Å². The van der Waals surface area contributed by atoms with Crippen molar-refractivity contribution >= 4 is 0 Å². The maximum atomic E-state index is 13.6. The zero-order chi connectivity index (χ0) is 13.4. The summed E-state index contributed by atoms with van der Waals surface area (Å²) in [6, 6.07) is 7.02. The molecule has 1 aromatic carbocycles. The zero-order valence-corrected chi connectivity index (χ0v) is 11.6. The number of rotatable bonds is 8. The number of halogens is 1. The maximum absolute atomic E-state index is 13.6. The van der Waals surface area contributed by atoms with Gasteiger partial charge in [0.15, 0.2) is 0 Å². The van der Waals surface area contributed by atoms with E-state index in [-0.39, 0.29) is 11.9 Å².